The second kappa shape index (κ2) is 8.51. The first-order chi connectivity index (χ1) is 15.1. The molecule has 3 aromatic heterocycles. The van der Waals surface area contributed by atoms with Crippen molar-refractivity contribution in [2.45, 2.75) is 25.7 Å². The molecule has 0 atom stereocenters. The molecule has 31 heavy (non-hydrogen) atoms. The Morgan fingerprint density at radius 3 is 2.52 bits per heavy atom. The summed E-state index contributed by atoms with van der Waals surface area (Å²) in [7, 11) is 2.16. The first-order valence-corrected chi connectivity index (χ1v) is 11.8. The van der Waals surface area contributed by atoms with Gasteiger partial charge in [0.1, 0.15) is 11.8 Å². The van der Waals surface area contributed by atoms with Crippen LogP contribution < -0.4 is 4.90 Å². The van der Waals surface area contributed by atoms with Crippen molar-refractivity contribution in [1.82, 2.24) is 24.8 Å². The molecule has 0 aliphatic carbocycles. The van der Waals surface area contributed by atoms with E-state index in [1.165, 1.54) is 11.3 Å². The van der Waals surface area contributed by atoms with E-state index in [4.69, 9.17) is 4.98 Å². The van der Waals surface area contributed by atoms with Gasteiger partial charge in [0.2, 0.25) is 0 Å². The summed E-state index contributed by atoms with van der Waals surface area (Å²) in [5.41, 5.74) is 5.12. The Morgan fingerprint density at radius 2 is 1.81 bits per heavy atom. The molecule has 7 nitrogen and oxygen atoms in total. The first-order valence-electron chi connectivity index (χ1n) is 11.0. The molecule has 2 fully saturated rings. The smallest absolute Gasteiger partial charge is 0.263 e. The molecule has 5 heterocycles. The van der Waals surface area contributed by atoms with E-state index in [0.717, 1.165) is 85.0 Å². The zero-order valence-electron chi connectivity index (χ0n) is 18.1. The number of fused-ring (bicyclic) bond motifs is 1. The van der Waals surface area contributed by atoms with E-state index in [1.54, 1.807) is 6.33 Å². The minimum atomic E-state index is 0.152. The number of anilines is 1. The Bertz CT molecular complexity index is 1080. The van der Waals surface area contributed by atoms with Crippen molar-refractivity contribution < 1.29 is 4.79 Å². The number of thiophene rings is 1. The molecule has 8 heteroatoms. The zero-order chi connectivity index (χ0) is 21.4. The number of hydrogen-bond donors (Lipinski definition) is 0. The lowest BCUT2D eigenvalue weighted by atomic mass is 9.92. The Kier molecular flexibility index (Phi) is 5.58. The van der Waals surface area contributed by atoms with Crippen LogP contribution in [0.2, 0.25) is 0 Å². The average Bonchev–Trinajstić information content (AvgIpc) is 3.25. The lowest BCUT2D eigenvalue weighted by Crippen LogP contribution is -2.44. The van der Waals surface area contributed by atoms with E-state index in [2.05, 4.69) is 32.9 Å². The van der Waals surface area contributed by atoms with Crippen LogP contribution in [0.3, 0.4) is 0 Å². The highest BCUT2D eigenvalue weighted by Gasteiger charge is 2.27. The van der Waals surface area contributed by atoms with Crippen molar-refractivity contribution >= 4 is 34.0 Å². The lowest BCUT2D eigenvalue weighted by molar-refractivity contribution is 0.0717. The number of likely N-dealkylation sites (tertiary alicyclic amines) is 1. The summed E-state index contributed by atoms with van der Waals surface area (Å²) in [6.07, 6.45) is 5.45. The number of hydrogen-bond acceptors (Lipinski definition) is 7. The molecule has 0 unspecified atom stereocenters. The van der Waals surface area contributed by atoms with E-state index < -0.39 is 0 Å². The van der Waals surface area contributed by atoms with Crippen LogP contribution in [-0.4, -0.2) is 77.0 Å². The fourth-order valence-corrected chi connectivity index (χ4v) is 5.41. The maximum atomic E-state index is 12.8. The standard InChI is InChI=1S/C23H28N6OS/c1-16-11-20(31-14-16)23(30)29-5-3-17(4-6-29)21-22-19(25-15-26-21)12-18(13-24-22)28-9-7-27(2)8-10-28/h11-15,17H,3-10H2,1-2H3. The summed E-state index contributed by atoms with van der Waals surface area (Å²) in [6.45, 7) is 7.69. The topological polar surface area (TPSA) is 65.5 Å². The SMILES string of the molecule is Cc1csc(C(=O)N2CCC(c3ncnc4cc(N5CCN(C)CC5)cnc34)CC2)c1. The van der Waals surface area contributed by atoms with E-state index in [9.17, 15) is 4.79 Å². The number of likely N-dealkylation sites (N-methyl/N-ethyl adjacent to an activating group) is 1. The van der Waals surface area contributed by atoms with Crippen molar-refractivity contribution in [2.24, 2.45) is 0 Å². The van der Waals surface area contributed by atoms with Crippen LogP contribution in [0.4, 0.5) is 5.69 Å². The molecule has 0 spiro atoms. The van der Waals surface area contributed by atoms with Crippen molar-refractivity contribution in [3.63, 3.8) is 0 Å². The third-order valence-corrected chi connectivity index (χ3v) is 7.50. The Morgan fingerprint density at radius 1 is 1.03 bits per heavy atom. The number of aromatic nitrogens is 3. The summed E-state index contributed by atoms with van der Waals surface area (Å²) >= 11 is 1.53. The van der Waals surface area contributed by atoms with E-state index in [0.29, 0.717) is 5.92 Å². The molecule has 0 radical (unpaired) electrons. The summed E-state index contributed by atoms with van der Waals surface area (Å²) < 4.78 is 0. The Hall–Kier alpha value is -2.58. The molecule has 0 saturated carbocycles. The molecule has 0 N–H and O–H groups in total. The van der Waals surface area contributed by atoms with Gasteiger partial charge in [-0.2, -0.15) is 0 Å². The van der Waals surface area contributed by atoms with Gasteiger partial charge in [0.05, 0.1) is 28.0 Å². The number of piperazine rings is 1. The second-order valence-electron chi connectivity index (χ2n) is 8.67. The number of aryl methyl sites for hydroxylation is 1. The predicted molar refractivity (Wildman–Crippen MR) is 124 cm³/mol. The summed E-state index contributed by atoms with van der Waals surface area (Å²) in [4.78, 5) is 34.2. The van der Waals surface area contributed by atoms with Gasteiger partial charge in [-0.05, 0) is 49.9 Å². The highest BCUT2D eigenvalue weighted by molar-refractivity contribution is 7.12. The van der Waals surface area contributed by atoms with E-state index in [-0.39, 0.29) is 5.91 Å². The van der Waals surface area contributed by atoms with E-state index in [1.807, 2.05) is 29.5 Å². The van der Waals surface area contributed by atoms with E-state index >= 15 is 0 Å². The first kappa shape index (κ1) is 20.3. The third-order valence-electron chi connectivity index (χ3n) is 6.47. The summed E-state index contributed by atoms with van der Waals surface area (Å²) in [6, 6.07) is 4.13. The molecule has 5 rings (SSSR count). The minimum Gasteiger partial charge on any atom is -0.368 e. The maximum Gasteiger partial charge on any atom is 0.263 e. The third kappa shape index (κ3) is 4.14. The van der Waals surface area contributed by atoms with Gasteiger partial charge in [-0.1, -0.05) is 0 Å². The normalized spacial score (nSPS) is 18.6. The van der Waals surface area contributed by atoms with Crippen LogP contribution in [0, 0.1) is 6.92 Å². The molecule has 2 aliphatic heterocycles. The van der Waals surface area contributed by atoms with Gasteiger partial charge in [0.15, 0.2) is 0 Å². The van der Waals surface area contributed by atoms with Crippen LogP contribution >= 0.6 is 11.3 Å². The molecule has 2 aliphatic rings. The van der Waals surface area contributed by atoms with Gasteiger partial charge in [0.25, 0.3) is 5.91 Å². The Balaban J connectivity index is 1.31. The average molecular weight is 437 g/mol. The van der Waals surface area contributed by atoms with Gasteiger partial charge in [-0.15, -0.1) is 11.3 Å². The van der Waals surface area contributed by atoms with Crippen molar-refractivity contribution in [3.05, 3.63) is 46.2 Å². The Labute approximate surface area is 186 Å². The maximum absolute atomic E-state index is 12.8. The number of carbonyl (C=O) groups excluding carboxylic acids is 1. The molecule has 0 bridgehead atoms. The van der Waals surface area contributed by atoms with Crippen molar-refractivity contribution in [1.29, 1.82) is 0 Å². The zero-order valence-corrected chi connectivity index (χ0v) is 18.9. The monoisotopic (exact) mass is 436 g/mol. The highest BCUT2D eigenvalue weighted by Crippen LogP contribution is 2.32. The molecular formula is C23H28N6OS. The number of amides is 1. The van der Waals surface area contributed by atoms with Crippen molar-refractivity contribution in [3.8, 4) is 0 Å². The molecule has 2 saturated heterocycles. The number of nitrogens with zero attached hydrogens (tertiary/aromatic N) is 6. The molecule has 3 aromatic rings. The number of rotatable bonds is 3. The molecule has 0 aromatic carbocycles. The van der Waals surface area contributed by atoms with Gasteiger partial charge in [-0.3, -0.25) is 9.78 Å². The van der Waals surface area contributed by atoms with Crippen LogP contribution in [0.5, 0.6) is 0 Å². The van der Waals surface area contributed by atoms with Gasteiger partial charge in [0, 0.05) is 45.2 Å². The molecular weight excluding hydrogens is 408 g/mol. The lowest BCUT2D eigenvalue weighted by Gasteiger charge is -2.34. The van der Waals surface area contributed by atoms with Crippen LogP contribution in [0.1, 0.15) is 39.7 Å². The van der Waals surface area contributed by atoms with Crippen LogP contribution in [0.15, 0.2) is 30.0 Å². The minimum absolute atomic E-state index is 0.152. The fourth-order valence-electron chi connectivity index (χ4n) is 4.54. The van der Waals surface area contributed by atoms with Crippen molar-refractivity contribution in [2.75, 3.05) is 51.2 Å². The van der Waals surface area contributed by atoms with Gasteiger partial charge < -0.3 is 14.7 Å². The van der Waals surface area contributed by atoms with Gasteiger partial charge >= 0.3 is 0 Å². The predicted octanol–water partition coefficient (Wildman–Crippen LogP) is 3.17. The number of carbonyl (C=O) groups is 1. The number of pyridine rings is 1. The largest absolute Gasteiger partial charge is 0.368 e. The number of piperidine rings is 1. The fraction of sp³-hybridized carbons (Fsp3) is 0.478. The highest BCUT2D eigenvalue weighted by atomic mass is 32.1. The quantitative estimate of drug-likeness (QED) is 0.628. The van der Waals surface area contributed by atoms with Crippen LogP contribution in [-0.2, 0) is 0 Å². The van der Waals surface area contributed by atoms with Crippen LogP contribution in [0.25, 0.3) is 11.0 Å². The molecule has 162 valence electrons. The molecule has 1 amide bonds. The summed E-state index contributed by atoms with van der Waals surface area (Å²) in [5.74, 6) is 0.459. The summed E-state index contributed by atoms with van der Waals surface area (Å²) in [5, 5.41) is 2.04. The second-order valence-corrected chi connectivity index (χ2v) is 9.58. The van der Waals surface area contributed by atoms with Gasteiger partial charge in [-0.25, -0.2) is 9.97 Å².